The van der Waals surface area contributed by atoms with Gasteiger partial charge in [0, 0.05) is 5.69 Å². The quantitative estimate of drug-likeness (QED) is 0.0739. The molecule has 1 aliphatic heterocycles. The maximum Gasteiger partial charge on any atom is 0.536 e. The summed E-state index contributed by atoms with van der Waals surface area (Å²) in [5, 5.41) is 20.9. The first-order valence-electron chi connectivity index (χ1n) is 10.9. The number of nitrogens with one attached hydrogen (secondary N) is 1. The molecule has 20 nitrogen and oxygen atoms in total. The number of hydrogen-bond acceptors (Lipinski definition) is 14. The van der Waals surface area contributed by atoms with Gasteiger partial charge in [0.15, 0.2) is 6.33 Å². The molecule has 1 fully saturated rings. The number of nitrogens with zero attached hydrogens (tertiary/aromatic N) is 3. The number of imidazole rings is 1. The van der Waals surface area contributed by atoms with Crippen LogP contribution < -0.4 is 26.1 Å². The summed E-state index contributed by atoms with van der Waals surface area (Å²) in [6.07, 6.45) is -5.02. The fourth-order valence-corrected chi connectivity index (χ4v) is 7.22. The second-order valence-electron chi connectivity index (χ2n) is 8.33. The van der Waals surface area contributed by atoms with Gasteiger partial charge in [0.1, 0.15) is 24.1 Å². The normalized spacial score (nSPS) is 25.8. The maximum absolute atomic E-state index is 12.3. The molecule has 1 saturated heterocycles. The first kappa shape index (κ1) is 30.3. The first-order valence-corrected chi connectivity index (χ1v) is 15.3. The Labute approximate surface area is 223 Å². The van der Waals surface area contributed by atoms with Crippen molar-refractivity contribution in [2.75, 3.05) is 18.1 Å². The lowest BCUT2D eigenvalue weighted by Crippen LogP contribution is -2.46. The lowest BCUT2D eigenvalue weighted by molar-refractivity contribution is -0.745. The molecular formula is C17H24N6O14P3+. The third kappa shape index (κ3) is 6.77. The minimum atomic E-state index is -5.78. The summed E-state index contributed by atoms with van der Waals surface area (Å²) in [4.78, 5) is 47.8. The van der Waals surface area contributed by atoms with Gasteiger partial charge in [-0.25, -0.2) is 18.3 Å². The van der Waals surface area contributed by atoms with E-state index in [1.807, 2.05) is 0 Å². The van der Waals surface area contributed by atoms with E-state index in [-0.39, 0.29) is 28.5 Å². The predicted octanol–water partition coefficient (Wildman–Crippen LogP) is -1.24. The number of rotatable bonds is 10. The summed E-state index contributed by atoms with van der Waals surface area (Å²) in [6, 6.07) is 4.84. The van der Waals surface area contributed by atoms with E-state index < -0.39 is 60.2 Å². The highest BCUT2D eigenvalue weighted by Crippen LogP contribution is 2.67. The molecule has 1 aliphatic rings. The molecule has 3 aromatic rings. The highest BCUT2D eigenvalue weighted by Gasteiger charge is 2.49. The lowest BCUT2D eigenvalue weighted by atomic mass is 10.1. The zero-order valence-electron chi connectivity index (χ0n) is 20.2. The topological polar surface area (TPSA) is 305 Å². The number of phosphoric acid groups is 3. The van der Waals surface area contributed by atoms with Gasteiger partial charge in [-0.1, -0.05) is 4.98 Å². The van der Waals surface area contributed by atoms with E-state index in [0.717, 1.165) is 12.1 Å². The van der Waals surface area contributed by atoms with E-state index in [0.29, 0.717) is 0 Å². The fraction of sp³-hybridized carbons (Fsp3) is 0.353. The largest absolute Gasteiger partial charge is 0.536 e. The van der Waals surface area contributed by atoms with Crippen LogP contribution in [0.15, 0.2) is 35.4 Å². The number of aliphatic hydroxyl groups is 2. The summed E-state index contributed by atoms with van der Waals surface area (Å²) in [5.74, 6) is -0.541. The summed E-state index contributed by atoms with van der Waals surface area (Å²) >= 11 is 0. The number of anilines is 2. The Bertz CT molecular complexity index is 1610. The second-order valence-corrected chi connectivity index (χ2v) is 12.9. The number of benzene rings is 1. The van der Waals surface area contributed by atoms with Crippen LogP contribution in [0.4, 0.5) is 11.6 Å². The first-order chi connectivity index (χ1) is 18.5. The number of H-pyrrole nitrogens is 1. The van der Waals surface area contributed by atoms with Crippen molar-refractivity contribution < 1.29 is 65.6 Å². The molecule has 1 aromatic carbocycles. The molecule has 10 N–H and O–H groups in total. The number of aromatic nitrogens is 4. The van der Waals surface area contributed by atoms with E-state index >= 15 is 0 Å². The van der Waals surface area contributed by atoms with Gasteiger partial charge in [0.05, 0.1) is 13.7 Å². The van der Waals surface area contributed by atoms with Crippen LogP contribution >= 0.6 is 23.5 Å². The third-order valence-corrected chi connectivity index (χ3v) is 9.54. The van der Waals surface area contributed by atoms with Crippen molar-refractivity contribution in [1.29, 1.82) is 0 Å². The number of fused-ring (bicyclic) bond motifs is 1. The van der Waals surface area contributed by atoms with E-state index in [1.165, 1.54) is 34.6 Å². The highest BCUT2D eigenvalue weighted by atomic mass is 31.3. The summed E-state index contributed by atoms with van der Waals surface area (Å²) in [5.41, 5.74) is 10.8. The lowest BCUT2D eigenvalue weighted by Gasteiger charge is -2.20. The smallest absolute Gasteiger partial charge is 0.404 e. The van der Waals surface area contributed by atoms with Crippen molar-refractivity contribution in [1.82, 2.24) is 14.5 Å². The van der Waals surface area contributed by atoms with Crippen molar-refractivity contribution in [3.63, 3.8) is 0 Å². The van der Waals surface area contributed by atoms with Crippen LogP contribution in [-0.2, 0) is 38.6 Å². The zero-order valence-corrected chi connectivity index (χ0v) is 22.8. The summed E-state index contributed by atoms with van der Waals surface area (Å²) in [7, 11) is -15.2. The van der Waals surface area contributed by atoms with E-state index in [4.69, 9.17) is 16.2 Å². The van der Waals surface area contributed by atoms with Crippen LogP contribution in [0.5, 0.6) is 5.75 Å². The van der Waals surface area contributed by atoms with Gasteiger partial charge < -0.3 is 40.7 Å². The van der Waals surface area contributed by atoms with E-state index in [2.05, 4.69) is 27.6 Å². The maximum atomic E-state index is 12.3. The fourth-order valence-electron chi connectivity index (χ4n) is 3.70. The van der Waals surface area contributed by atoms with Gasteiger partial charge in [-0.15, -0.1) is 0 Å². The number of aryl methyl sites for hydroxylation is 1. The molecule has 4 rings (SSSR count). The molecule has 0 radical (unpaired) electrons. The van der Waals surface area contributed by atoms with Crippen LogP contribution in [0.1, 0.15) is 6.23 Å². The standard InChI is InChI=1S/C17H23N6O14P3/c1-22-7-23(14-11(22)15(26)21-17(19)20-14)16-13(25)12(24)10(34-16)6-33-38(27,28)36-40(31,32)37-39(29,30)35-9-4-2-8(18)3-5-9/h2-5,7,10,12-13,16,24-25H,6,18H2,1H3,(H5-,19,20,21,26,27,28,29,30,31,32)/p+1/t10-,12-,13-,16-/m1/s1. The molecule has 0 aliphatic carbocycles. The van der Waals surface area contributed by atoms with E-state index in [9.17, 15) is 43.4 Å². The number of phosphoric ester groups is 2. The summed E-state index contributed by atoms with van der Waals surface area (Å²) < 4.78 is 61.6. The van der Waals surface area contributed by atoms with Gasteiger partial charge in [-0.2, -0.15) is 8.62 Å². The Morgan fingerprint density at radius 1 is 1.05 bits per heavy atom. The van der Waals surface area contributed by atoms with Crippen LogP contribution in [-0.4, -0.2) is 64.3 Å². The van der Waals surface area contributed by atoms with Crippen molar-refractivity contribution in [2.24, 2.45) is 7.05 Å². The minimum Gasteiger partial charge on any atom is -0.404 e. The van der Waals surface area contributed by atoms with Crippen molar-refractivity contribution in [2.45, 2.75) is 24.5 Å². The number of nitrogens with two attached hydrogens (primary N) is 2. The number of nitrogen functional groups attached to an aromatic ring is 2. The molecule has 0 amide bonds. The SMILES string of the molecule is Cn1c[n+]([C@@H]2O[C@H](COP(=O)(O)OP(=O)(O)OP(=O)(O)Oc3ccc(N)cc3)[C@@H](O)[C@H]2O)c2nc(N)[nH]c(=O)c21. The van der Waals surface area contributed by atoms with Crippen LogP contribution in [0.2, 0.25) is 0 Å². The third-order valence-electron chi connectivity index (χ3n) is 5.32. The zero-order chi connectivity index (χ0) is 29.6. The Morgan fingerprint density at radius 3 is 2.33 bits per heavy atom. The minimum absolute atomic E-state index is 0.0225. The van der Waals surface area contributed by atoms with Crippen LogP contribution in [0, 0.1) is 0 Å². The van der Waals surface area contributed by atoms with Gasteiger partial charge in [-0.05, 0) is 24.3 Å². The van der Waals surface area contributed by atoms with Gasteiger partial charge in [0.25, 0.3) is 11.5 Å². The number of hydrogen-bond donors (Lipinski definition) is 8. The molecule has 0 spiro atoms. The predicted molar refractivity (Wildman–Crippen MR) is 131 cm³/mol. The molecular weight excluding hydrogens is 605 g/mol. The summed E-state index contributed by atoms with van der Waals surface area (Å²) in [6.45, 7) is -0.997. The van der Waals surface area contributed by atoms with Gasteiger partial charge in [-0.3, -0.25) is 23.8 Å². The Hall–Kier alpha value is -2.70. The number of ether oxygens (including phenoxy) is 1. The molecule has 7 atom stereocenters. The van der Waals surface area contributed by atoms with Crippen LogP contribution in [0.3, 0.4) is 0 Å². The second kappa shape index (κ2) is 10.9. The molecule has 220 valence electrons. The monoisotopic (exact) mass is 629 g/mol. The highest BCUT2D eigenvalue weighted by molar-refractivity contribution is 7.67. The van der Waals surface area contributed by atoms with Crippen molar-refractivity contribution in [3.8, 4) is 5.75 Å². The average Bonchev–Trinajstić information content (AvgIpc) is 3.28. The van der Waals surface area contributed by atoms with E-state index in [1.54, 1.807) is 0 Å². The van der Waals surface area contributed by atoms with Gasteiger partial charge in [0.2, 0.25) is 11.7 Å². The van der Waals surface area contributed by atoms with Crippen molar-refractivity contribution in [3.05, 3.63) is 40.9 Å². The number of aromatic amines is 1. The van der Waals surface area contributed by atoms with Crippen molar-refractivity contribution >= 4 is 46.3 Å². The molecule has 0 bridgehead atoms. The molecule has 23 heteroatoms. The Morgan fingerprint density at radius 2 is 1.68 bits per heavy atom. The Kier molecular flexibility index (Phi) is 8.28. The van der Waals surface area contributed by atoms with Crippen LogP contribution in [0.25, 0.3) is 11.2 Å². The molecule has 3 unspecified atom stereocenters. The molecule has 2 aromatic heterocycles. The van der Waals surface area contributed by atoms with Gasteiger partial charge >= 0.3 is 29.1 Å². The number of aliphatic hydroxyl groups excluding tert-OH is 2. The molecule has 3 heterocycles. The Balaban J connectivity index is 1.41. The molecule has 0 saturated carbocycles. The molecule has 40 heavy (non-hydrogen) atoms. The average molecular weight is 629 g/mol.